The largest absolute Gasteiger partial charge is 0.261 e. The molecule has 0 radical (unpaired) electrons. The zero-order valence-corrected chi connectivity index (χ0v) is 9.69. The number of fused-ring (bicyclic) bond motifs is 1. The van der Waals surface area contributed by atoms with Crippen molar-refractivity contribution in [2.45, 2.75) is 26.2 Å². The molecule has 0 fully saturated rings. The topological polar surface area (TPSA) is 12.9 Å². The van der Waals surface area contributed by atoms with Crippen LogP contribution in [0.2, 0.25) is 0 Å². The molecule has 0 aliphatic carbocycles. The van der Waals surface area contributed by atoms with Gasteiger partial charge in [-0.25, -0.2) is 0 Å². The monoisotopic (exact) mass is 211 g/mol. The van der Waals surface area contributed by atoms with E-state index in [1.165, 1.54) is 16.5 Å². The summed E-state index contributed by atoms with van der Waals surface area (Å²) in [6.07, 6.45) is 9.57. The summed E-state index contributed by atoms with van der Waals surface area (Å²) in [5, 5.41) is 2.57. The fraction of sp³-hybridized carbons (Fsp3) is 0.267. The van der Waals surface area contributed by atoms with E-state index in [9.17, 15) is 0 Å². The second-order valence-corrected chi connectivity index (χ2v) is 3.90. The van der Waals surface area contributed by atoms with Gasteiger partial charge in [-0.3, -0.25) is 4.98 Å². The lowest BCUT2D eigenvalue weighted by atomic mass is 10.1. The summed E-state index contributed by atoms with van der Waals surface area (Å²) in [5.41, 5.74) is 1.21. The average Bonchev–Trinajstić information content (AvgIpc) is 2.35. The van der Waals surface area contributed by atoms with E-state index in [-0.39, 0.29) is 0 Å². The van der Waals surface area contributed by atoms with E-state index in [1.54, 1.807) is 0 Å². The SMILES string of the molecule is CC/C=C\CCc1nccc2ccccc12. The summed E-state index contributed by atoms with van der Waals surface area (Å²) in [6, 6.07) is 10.5. The molecule has 82 valence electrons. The zero-order chi connectivity index (χ0) is 11.2. The summed E-state index contributed by atoms with van der Waals surface area (Å²) in [7, 11) is 0. The van der Waals surface area contributed by atoms with Crippen LogP contribution >= 0.6 is 0 Å². The first kappa shape index (κ1) is 10.9. The van der Waals surface area contributed by atoms with Crippen molar-refractivity contribution in [1.29, 1.82) is 0 Å². The van der Waals surface area contributed by atoms with E-state index in [4.69, 9.17) is 0 Å². The smallest absolute Gasteiger partial charge is 0.0484 e. The van der Waals surface area contributed by atoms with Crippen molar-refractivity contribution in [3.05, 3.63) is 54.4 Å². The molecule has 2 aromatic rings. The van der Waals surface area contributed by atoms with Crippen molar-refractivity contribution in [3.8, 4) is 0 Å². The minimum Gasteiger partial charge on any atom is -0.261 e. The lowest BCUT2D eigenvalue weighted by Crippen LogP contribution is -1.90. The van der Waals surface area contributed by atoms with Crippen LogP contribution in [0.3, 0.4) is 0 Å². The maximum Gasteiger partial charge on any atom is 0.0484 e. The Bertz CT molecular complexity index is 480. The molecule has 0 aliphatic rings. The van der Waals surface area contributed by atoms with E-state index in [0.717, 1.165) is 19.3 Å². The van der Waals surface area contributed by atoms with Gasteiger partial charge in [-0.05, 0) is 30.7 Å². The van der Waals surface area contributed by atoms with Gasteiger partial charge in [0, 0.05) is 17.3 Å². The van der Waals surface area contributed by atoms with Gasteiger partial charge in [-0.1, -0.05) is 43.3 Å². The van der Waals surface area contributed by atoms with E-state index in [1.807, 2.05) is 6.20 Å². The summed E-state index contributed by atoms with van der Waals surface area (Å²) >= 11 is 0. The van der Waals surface area contributed by atoms with Crippen LogP contribution < -0.4 is 0 Å². The van der Waals surface area contributed by atoms with Gasteiger partial charge in [0.15, 0.2) is 0 Å². The zero-order valence-electron chi connectivity index (χ0n) is 9.69. The minimum atomic E-state index is 1.03. The Morgan fingerprint density at radius 1 is 1.12 bits per heavy atom. The Labute approximate surface area is 96.8 Å². The van der Waals surface area contributed by atoms with Crippen LogP contribution in [0, 0.1) is 0 Å². The number of nitrogens with zero attached hydrogens (tertiary/aromatic N) is 1. The summed E-state index contributed by atoms with van der Waals surface area (Å²) in [6.45, 7) is 2.16. The van der Waals surface area contributed by atoms with Gasteiger partial charge in [0.2, 0.25) is 0 Å². The molecule has 0 N–H and O–H groups in total. The van der Waals surface area contributed by atoms with Crippen molar-refractivity contribution in [2.24, 2.45) is 0 Å². The highest BCUT2D eigenvalue weighted by molar-refractivity contribution is 5.84. The Hall–Kier alpha value is -1.63. The average molecular weight is 211 g/mol. The molecule has 1 heteroatoms. The van der Waals surface area contributed by atoms with Crippen LogP contribution in [0.1, 0.15) is 25.5 Å². The van der Waals surface area contributed by atoms with Crippen LogP contribution in [0.5, 0.6) is 0 Å². The number of rotatable bonds is 4. The molecule has 0 amide bonds. The van der Waals surface area contributed by atoms with Crippen molar-refractivity contribution in [1.82, 2.24) is 4.98 Å². The number of allylic oxidation sites excluding steroid dienone is 2. The molecular formula is C15H17N. The molecule has 0 bridgehead atoms. The standard InChI is InChI=1S/C15H17N/c1-2-3-4-5-10-15-14-9-7-6-8-13(14)11-12-16-15/h3-4,6-9,11-12H,2,5,10H2,1H3/b4-3-. The highest BCUT2D eigenvalue weighted by Crippen LogP contribution is 2.17. The van der Waals surface area contributed by atoms with Gasteiger partial charge in [-0.15, -0.1) is 0 Å². The summed E-state index contributed by atoms with van der Waals surface area (Å²) in [4.78, 5) is 4.47. The minimum absolute atomic E-state index is 1.03. The maximum atomic E-state index is 4.47. The molecule has 1 aromatic heterocycles. The maximum absolute atomic E-state index is 4.47. The predicted molar refractivity (Wildman–Crippen MR) is 69.5 cm³/mol. The molecule has 0 saturated heterocycles. The fourth-order valence-electron chi connectivity index (χ4n) is 1.89. The first-order valence-corrected chi connectivity index (χ1v) is 5.89. The highest BCUT2D eigenvalue weighted by atomic mass is 14.7. The van der Waals surface area contributed by atoms with Crippen LogP contribution in [0.25, 0.3) is 10.8 Å². The van der Waals surface area contributed by atoms with Gasteiger partial charge in [0.05, 0.1) is 0 Å². The number of hydrogen-bond donors (Lipinski definition) is 0. The molecule has 0 saturated carbocycles. The van der Waals surface area contributed by atoms with Crippen LogP contribution in [-0.2, 0) is 6.42 Å². The van der Waals surface area contributed by atoms with Gasteiger partial charge in [-0.2, -0.15) is 0 Å². The normalized spacial score (nSPS) is 11.3. The van der Waals surface area contributed by atoms with Crippen molar-refractivity contribution in [2.75, 3.05) is 0 Å². The fourth-order valence-corrected chi connectivity index (χ4v) is 1.89. The first-order chi connectivity index (χ1) is 7.92. The number of hydrogen-bond acceptors (Lipinski definition) is 1. The van der Waals surface area contributed by atoms with Crippen LogP contribution in [0.4, 0.5) is 0 Å². The second kappa shape index (κ2) is 5.45. The van der Waals surface area contributed by atoms with E-state index in [0.29, 0.717) is 0 Å². The Morgan fingerprint density at radius 3 is 2.88 bits per heavy atom. The molecule has 1 aromatic carbocycles. The van der Waals surface area contributed by atoms with Gasteiger partial charge >= 0.3 is 0 Å². The van der Waals surface area contributed by atoms with Gasteiger partial charge < -0.3 is 0 Å². The molecule has 1 heterocycles. The highest BCUT2D eigenvalue weighted by Gasteiger charge is 1.99. The lowest BCUT2D eigenvalue weighted by Gasteiger charge is -2.03. The molecule has 1 nitrogen and oxygen atoms in total. The Kier molecular flexibility index (Phi) is 3.71. The number of benzene rings is 1. The number of aryl methyl sites for hydroxylation is 1. The third-order valence-corrected chi connectivity index (χ3v) is 2.71. The van der Waals surface area contributed by atoms with Crippen molar-refractivity contribution in [3.63, 3.8) is 0 Å². The van der Waals surface area contributed by atoms with Crippen LogP contribution in [0.15, 0.2) is 48.7 Å². The van der Waals surface area contributed by atoms with E-state index in [2.05, 4.69) is 54.4 Å². The van der Waals surface area contributed by atoms with Crippen LogP contribution in [-0.4, -0.2) is 4.98 Å². The Morgan fingerprint density at radius 2 is 2.00 bits per heavy atom. The molecule has 0 spiro atoms. The molecule has 0 atom stereocenters. The van der Waals surface area contributed by atoms with E-state index >= 15 is 0 Å². The van der Waals surface area contributed by atoms with E-state index < -0.39 is 0 Å². The molecule has 2 rings (SSSR count). The summed E-state index contributed by atoms with van der Waals surface area (Å²) in [5.74, 6) is 0. The lowest BCUT2D eigenvalue weighted by molar-refractivity contribution is 0.952. The second-order valence-electron chi connectivity index (χ2n) is 3.90. The molecule has 16 heavy (non-hydrogen) atoms. The molecule has 0 unspecified atom stereocenters. The van der Waals surface area contributed by atoms with Gasteiger partial charge in [0.1, 0.15) is 0 Å². The third kappa shape index (κ3) is 2.48. The summed E-state index contributed by atoms with van der Waals surface area (Å²) < 4.78 is 0. The van der Waals surface area contributed by atoms with Crippen molar-refractivity contribution >= 4 is 10.8 Å². The van der Waals surface area contributed by atoms with Gasteiger partial charge in [0.25, 0.3) is 0 Å². The van der Waals surface area contributed by atoms with Crippen molar-refractivity contribution < 1.29 is 0 Å². The first-order valence-electron chi connectivity index (χ1n) is 5.89. The number of aromatic nitrogens is 1. The third-order valence-electron chi connectivity index (χ3n) is 2.71. The molecular weight excluding hydrogens is 194 g/mol. The molecule has 0 aliphatic heterocycles. The predicted octanol–water partition coefficient (Wildman–Crippen LogP) is 4.13. The quantitative estimate of drug-likeness (QED) is 0.693. The Balaban J connectivity index is 2.20. The number of pyridine rings is 1.